The molecule has 4 amide bonds. The van der Waals surface area contributed by atoms with Crippen molar-refractivity contribution in [2.24, 2.45) is 5.41 Å². The van der Waals surface area contributed by atoms with Crippen molar-refractivity contribution < 1.29 is 18.8 Å². The number of nitrogens with one attached hydrogen (secondary N) is 1. The summed E-state index contributed by atoms with van der Waals surface area (Å²) >= 11 is 3.34. The molecule has 1 atom stereocenters. The van der Waals surface area contributed by atoms with Crippen LogP contribution in [0.5, 0.6) is 0 Å². The summed E-state index contributed by atoms with van der Waals surface area (Å²) in [5.41, 5.74) is 0.346. The fraction of sp³-hybridized carbons (Fsp3) is 0.167. The van der Waals surface area contributed by atoms with Crippen LogP contribution in [0.2, 0.25) is 0 Å². The molecule has 1 fully saturated rings. The molecule has 0 bridgehead atoms. The molecule has 3 aromatic rings. The average Bonchev–Trinajstić information content (AvgIpc) is 2.79. The van der Waals surface area contributed by atoms with Gasteiger partial charge in [0.25, 0.3) is 5.91 Å². The minimum atomic E-state index is -1.54. The van der Waals surface area contributed by atoms with Crippen LogP contribution >= 0.6 is 15.9 Å². The lowest BCUT2D eigenvalue weighted by Gasteiger charge is -2.39. The van der Waals surface area contributed by atoms with Gasteiger partial charge in [0, 0.05) is 16.9 Å². The first kappa shape index (κ1) is 21.8. The molecule has 32 heavy (non-hydrogen) atoms. The average molecular weight is 496 g/mol. The minimum Gasteiger partial charge on any atom is -0.276 e. The quantitative estimate of drug-likeness (QED) is 0.513. The van der Waals surface area contributed by atoms with Crippen molar-refractivity contribution in [2.75, 3.05) is 4.90 Å². The standard InChI is InChI=1S/C24H19BrFN3O3/c25-18-3-7-20(8-4-18)29-22(31)24(21(30)28-23(29)32,12-9-16-10-13-27-14-11-16)15-17-1-5-19(26)6-2-17/h1-8,10-11,13-14H,9,12,15H2,(H,28,30,32)/t24-/m1/s1. The first-order valence-electron chi connectivity index (χ1n) is 9.98. The maximum Gasteiger partial charge on any atom is 0.335 e. The third kappa shape index (κ3) is 4.31. The number of pyridine rings is 1. The van der Waals surface area contributed by atoms with Crippen LogP contribution in [0.15, 0.2) is 77.5 Å². The SMILES string of the molecule is O=C1NC(=O)[C@@](CCc2ccncc2)(Cc2ccc(F)cc2)C(=O)N1c1ccc(Br)cc1. The van der Waals surface area contributed by atoms with Crippen molar-refractivity contribution in [1.82, 2.24) is 10.3 Å². The van der Waals surface area contributed by atoms with Gasteiger partial charge in [-0.1, -0.05) is 28.1 Å². The molecule has 0 radical (unpaired) electrons. The van der Waals surface area contributed by atoms with Crippen molar-refractivity contribution in [3.05, 3.63) is 94.5 Å². The van der Waals surface area contributed by atoms with E-state index in [1.165, 1.54) is 12.1 Å². The van der Waals surface area contributed by atoms with Gasteiger partial charge in [-0.25, -0.2) is 14.1 Å². The fourth-order valence-corrected chi connectivity index (χ4v) is 4.09. The highest BCUT2D eigenvalue weighted by molar-refractivity contribution is 9.10. The third-order valence-corrected chi connectivity index (χ3v) is 6.09. The molecule has 1 saturated heterocycles. The van der Waals surface area contributed by atoms with Gasteiger partial charge in [0.05, 0.1) is 5.69 Å². The largest absolute Gasteiger partial charge is 0.335 e. The monoisotopic (exact) mass is 495 g/mol. The number of aryl methyl sites for hydroxylation is 1. The smallest absolute Gasteiger partial charge is 0.276 e. The number of hydrogen-bond acceptors (Lipinski definition) is 4. The Morgan fingerprint density at radius 2 is 1.56 bits per heavy atom. The number of carbonyl (C=O) groups excluding carboxylic acids is 3. The molecule has 1 aliphatic rings. The highest BCUT2D eigenvalue weighted by atomic mass is 79.9. The summed E-state index contributed by atoms with van der Waals surface area (Å²) in [5.74, 6) is -1.67. The number of rotatable bonds is 6. The Bertz CT molecular complexity index is 1150. The van der Waals surface area contributed by atoms with Gasteiger partial charge in [-0.2, -0.15) is 0 Å². The first-order chi connectivity index (χ1) is 15.4. The highest BCUT2D eigenvalue weighted by Gasteiger charge is 2.53. The number of imide groups is 2. The predicted molar refractivity (Wildman–Crippen MR) is 120 cm³/mol. The van der Waals surface area contributed by atoms with Crippen molar-refractivity contribution in [3.8, 4) is 0 Å². The van der Waals surface area contributed by atoms with E-state index in [4.69, 9.17) is 0 Å². The number of anilines is 1. The lowest BCUT2D eigenvalue weighted by Crippen LogP contribution is -2.65. The molecule has 6 nitrogen and oxygen atoms in total. The molecule has 4 rings (SSSR count). The van der Waals surface area contributed by atoms with Gasteiger partial charge in [-0.15, -0.1) is 0 Å². The highest BCUT2D eigenvalue weighted by Crippen LogP contribution is 2.37. The number of amides is 4. The van der Waals surface area contributed by atoms with Gasteiger partial charge in [0.2, 0.25) is 5.91 Å². The lowest BCUT2D eigenvalue weighted by atomic mass is 9.73. The molecule has 0 spiro atoms. The Hall–Kier alpha value is -3.39. The van der Waals surface area contributed by atoms with Gasteiger partial charge in [-0.3, -0.25) is 19.9 Å². The number of aromatic nitrogens is 1. The fourth-order valence-electron chi connectivity index (χ4n) is 3.82. The number of nitrogens with zero attached hydrogens (tertiary/aromatic N) is 2. The van der Waals surface area contributed by atoms with Crippen LogP contribution in [0.4, 0.5) is 14.9 Å². The van der Waals surface area contributed by atoms with Gasteiger partial charge < -0.3 is 0 Å². The number of carbonyl (C=O) groups is 3. The molecule has 1 N–H and O–H groups in total. The van der Waals surface area contributed by atoms with E-state index in [9.17, 15) is 18.8 Å². The van der Waals surface area contributed by atoms with E-state index in [1.54, 1.807) is 48.8 Å². The molecule has 2 heterocycles. The molecule has 1 aromatic heterocycles. The molecule has 0 unspecified atom stereocenters. The molecule has 2 aromatic carbocycles. The lowest BCUT2D eigenvalue weighted by molar-refractivity contribution is -0.143. The number of halogens is 2. The van der Waals surface area contributed by atoms with E-state index in [0.29, 0.717) is 17.7 Å². The van der Waals surface area contributed by atoms with E-state index in [-0.39, 0.29) is 12.8 Å². The van der Waals surface area contributed by atoms with Crippen LogP contribution in [0.3, 0.4) is 0 Å². The van der Waals surface area contributed by atoms with Crippen LogP contribution < -0.4 is 10.2 Å². The Morgan fingerprint density at radius 3 is 2.22 bits per heavy atom. The normalized spacial score (nSPS) is 18.6. The Morgan fingerprint density at radius 1 is 0.906 bits per heavy atom. The summed E-state index contributed by atoms with van der Waals surface area (Å²) < 4.78 is 14.2. The summed E-state index contributed by atoms with van der Waals surface area (Å²) in [7, 11) is 0. The van der Waals surface area contributed by atoms with Gasteiger partial charge in [0.15, 0.2) is 0 Å². The Balaban J connectivity index is 1.75. The second-order valence-corrected chi connectivity index (χ2v) is 8.53. The van der Waals surface area contributed by atoms with Gasteiger partial charge in [0.1, 0.15) is 11.2 Å². The minimum absolute atomic E-state index is 0.0311. The topological polar surface area (TPSA) is 79.4 Å². The van der Waals surface area contributed by atoms with E-state index < -0.39 is 29.1 Å². The number of barbiturate groups is 1. The summed E-state index contributed by atoms with van der Waals surface area (Å²) in [6.07, 6.45) is 3.90. The van der Waals surface area contributed by atoms with Crippen LogP contribution in [-0.4, -0.2) is 22.8 Å². The van der Waals surface area contributed by atoms with E-state index >= 15 is 0 Å². The zero-order chi connectivity index (χ0) is 22.7. The maximum absolute atomic E-state index is 13.8. The predicted octanol–water partition coefficient (Wildman–Crippen LogP) is 4.43. The van der Waals surface area contributed by atoms with Crippen molar-refractivity contribution in [1.29, 1.82) is 0 Å². The summed E-state index contributed by atoms with van der Waals surface area (Å²) in [5, 5.41) is 2.36. The van der Waals surface area contributed by atoms with Crippen LogP contribution in [0.1, 0.15) is 17.5 Å². The molecule has 0 saturated carbocycles. The summed E-state index contributed by atoms with van der Waals surface area (Å²) in [6.45, 7) is 0. The molecular formula is C24H19BrFN3O3. The van der Waals surface area contributed by atoms with E-state index in [2.05, 4.69) is 26.2 Å². The molecule has 0 aliphatic carbocycles. The van der Waals surface area contributed by atoms with Crippen molar-refractivity contribution >= 4 is 39.5 Å². The summed E-state index contributed by atoms with van der Waals surface area (Å²) in [4.78, 5) is 44.6. The molecule has 8 heteroatoms. The summed E-state index contributed by atoms with van der Waals surface area (Å²) in [6, 6.07) is 15.2. The van der Waals surface area contributed by atoms with Crippen molar-refractivity contribution in [2.45, 2.75) is 19.3 Å². The second kappa shape index (κ2) is 9.00. The molecular weight excluding hydrogens is 477 g/mol. The van der Waals surface area contributed by atoms with Crippen LogP contribution in [0, 0.1) is 11.2 Å². The zero-order valence-corrected chi connectivity index (χ0v) is 18.5. The number of urea groups is 1. The zero-order valence-electron chi connectivity index (χ0n) is 16.9. The van der Waals surface area contributed by atoms with E-state index in [0.717, 1.165) is 14.9 Å². The Labute approximate surface area is 192 Å². The number of benzene rings is 2. The maximum atomic E-state index is 13.8. The molecule has 1 aliphatic heterocycles. The van der Waals surface area contributed by atoms with Crippen LogP contribution in [-0.2, 0) is 22.4 Å². The van der Waals surface area contributed by atoms with Gasteiger partial charge in [-0.05, 0) is 78.9 Å². The molecule has 162 valence electrons. The van der Waals surface area contributed by atoms with Crippen LogP contribution in [0.25, 0.3) is 0 Å². The second-order valence-electron chi connectivity index (χ2n) is 7.62. The number of hydrogen-bond donors (Lipinski definition) is 1. The first-order valence-corrected chi connectivity index (χ1v) is 10.8. The Kier molecular flexibility index (Phi) is 6.14. The van der Waals surface area contributed by atoms with Crippen molar-refractivity contribution in [3.63, 3.8) is 0 Å². The van der Waals surface area contributed by atoms with E-state index in [1.807, 2.05) is 12.1 Å². The van der Waals surface area contributed by atoms with Gasteiger partial charge >= 0.3 is 6.03 Å². The third-order valence-electron chi connectivity index (χ3n) is 5.56.